The lowest BCUT2D eigenvalue weighted by Gasteiger charge is -2.37. The summed E-state index contributed by atoms with van der Waals surface area (Å²) in [6.07, 6.45) is 5.45. The second-order valence-corrected chi connectivity index (χ2v) is 12.9. The highest BCUT2D eigenvalue weighted by Gasteiger charge is 2.49. The fourth-order valence-electron chi connectivity index (χ4n) is 6.44. The molecule has 3 N–H and O–H groups in total. The average Bonchev–Trinajstić information content (AvgIpc) is 3.53. The van der Waals surface area contributed by atoms with Gasteiger partial charge in [0.05, 0.1) is 6.04 Å². The van der Waals surface area contributed by atoms with Gasteiger partial charge in [-0.1, -0.05) is 37.5 Å². The number of anilines is 1. The van der Waals surface area contributed by atoms with Crippen molar-refractivity contribution in [1.82, 2.24) is 20.4 Å². The standard InChI is InChI=1S/C31H47N5O5/c1-20(35(5)30(40)41-31(2,3)4)28(38)34-26(21-12-8-6-9-13-21)29(39)36-17-16-24-27(36)22(19-32-24)18-25(37)33-23-14-10-7-11-15-23/h7,10-11,14-15,20-22,24,26-27,32H,6,8-9,12-13,16-19H2,1-5H3,(H,33,37)(H,34,38). The second kappa shape index (κ2) is 13.2. The van der Waals surface area contributed by atoms with Crippen molar-refractivity contribution in [1.29, 1.82) is 0 Å². The van der Waals surface area contributed by atoms with Gasteiger partial charge in [-0.3, -0.25) is 19.3 Å². The normalized spacial score (nSPS) is 24.2. The Balaban J connectivity index is 1.46. The summed E-state index contributed by atoms with van der Waals surface area (Å²) in [5.74, 6) is -0.509. The molecule has 4 amide bonds. The molecule has 0 radical (unpaired) electrons. The maximum Gasteiger partial charge on any atom is 0.410 e. The first-order valence-electron chi connectivity index (χ1n) is 15.1. The number of carbonyl (C=O) groups excluding carboxylic acids is 4. The number of benzene rings is 1. The van der Waals surface area contributed by atoms with Crippen molar-refractivity contribution in [2.24, 2.45) is 11.8 Å². The molecule has 0 aromatic heterocycles. The van der Waals surface area contributed by atoms with E-state index in [1.807, 2.05) is 35.2 Å². The van der Waals surface area contributed by atoms with Gasteiger partial charge in [0.15, 0.2) is 0 Å². The number of likely N-dealkylation sites (tertiary alicyclic amines) is 1. The fourth-order valence-corrected chi connectivity index (χ4v) is 6.44. The molecule has 0 spiro atoms. The molecule has 1 saturated carbocycles. The predicted octanol–water partition coefficient (Wildman–Crippen LogP) is 3.52. The molecule has 10 heteroatoms. The van der Waals surface area contributed by atoms with Crippen LogP contribution in [0.2, 0.25) is 0 Å². The minimum Gasteiger partial charge on any atom is -0.444 e. The molecule has 0 bridgehead atoms. The van der Waals surface area contributed by atoms with Gasteiger partial charge in [-0.15, -0.1) is 0 Å². The van der Waals surface area contributed by atoms with Crippen LogP contribution in [0.15, 0.2) is 30.3 Å². The molecule has 2 aliphatic heterocycles. The Hall–Kier alpha value is -3.14. The first-order chi connectivity index (χ1) is 19.4. The van der Waals surface area contributed by atoms with Crippen molar-refractivity contribution in [2.75, 3.05) is 25.5 Å². The number of nitrogens with zero attached hydrogens (tertiary/aromatic N) is 2. The van der Waals surface area contributed by atoms with Crippen molar-refractivity contribution in [3.8, 4) is 0 Å². The Morgan fingerprint density at radius 1 is 1.07 bits per heavy atom. The fraction of sp³-hybridized carbons (Fsp3) is 0.677. The van der Waals surface area contributed by atoms with Crippen molar-refractivity contribution in [2.45, 2.75) is 102 Å². The third kappa shape index (κ3) is 7.78. The largest absolute Gasteiger partial charge is 0.444 e. The van der Waals surface area contributed by atoms with Gasteiger partial charge in [-0.25, -0.2) is 4.79 Å². The van der Waals surface area contributed by atoms with E-state index in [1.54, 1.807) is 27.7 Å². The highest BCUT2D eigenvalue weighted by atomic mass is 16.6. The van der Waals surface area contributed by atoms with Crippen LogP contribution in [-0.2, 0) is 19.1 Å². The minimum absolute atomic E-state index is 0.0184. The van der Waals surface area contributed by atoms with Gasteiger partial charge in [0.2, 0.25) is 17.7 Å². The zero-order valence-corrected chi connectivity index (χ0v) is 25.2. The molecular weight excluding hydrogens is 522 g/mol. The summed E-state index contributed by atoms with van der Waals surface area (Å²) in [5.41, 5.74) is 0.0723. The number of ether oxygens (including phenoxy) is 1. The van der Waals surface area contributed by atoms with E-state index in [9.17, 15) is 19.2 Å². The number of rotatable bonds is 8. The molecule has 1 aromatic rings. The Kier molecular flexibility index (Phi) is 9.94. The molecule has 5 atom stereocenters. The van der Waals surface area contributed by atoms with E-state index in [1.165, 1.54) is 11.9 Å². The average molecular weight is 570 g/mol. The number of para-hydroxylation sites is 1. The van der Waals surface area contributed by atoms with E-state index < -0.39 is 23.8 Å². The molecule has 10 nitrogen and oxygen atoms in total. The van der Waals surface area contributed by atoms with E-state index in [0.717, 1.165) is 44.2 Å². The smallest absolute Gasteiger partial charge is 0.410 e. The van der Waals surface area contributed by atoms with E-state index in [-0.39, 0.29) is 41.6 Å². The Labute approximate surface area is 243 Å². The first kappa shape index (κ1) is 30.8. The molecule has 5 unspecified atom stereocenters. The van der Waals surface area contributed by atoms with Gasteiger partial charge in [0.1, 0.15) is 17.7 Å². The molecule has 2 saturated heterocycles. The maximum absolute atomic E-state index is 14.2. The van der Waals surface area contributed by atoms with Crippen molar-refractivity contribution >= 4 is 29.5 Å². The Morgan fingerprint density at radius 3 is 2.41 bits per heavy atom. The van der Waals surface area contributed by atoms with Crippen molar-refractivity contribution in [3.05, 3.63) is 30.3 Å². The molecule has 226 valence electrons. The lowest BCUT2D eigenvalue weighted by atomic mass is 9.82. The van der Waals surface area contributed by atoms with Crippen LogP contribution in [0.25, 0.3) is 0 Å². The van der Waals surface area contributed by atoms with Gasteiger partial charge >= 0.3 is 6.09 Å². The zero-order valence-electron chi connectivity index (χ0n) is 25.2. The third-order valence-electron chi connectivity index (χ3n) is 8.69. The molecule has 41 heavy (non-hydrogen) atoms. The lowest BCUT2D eigenvalue weighted by molar-refractivity contribution is -0.141. The third-order valence-corrected chi connectivity index (χ3v) is 8.69. The summed E-state index contributed by atoms with van der Waals surface area (Å²) in [6.45, 7) is 8.24. The first-order valence-corrected chi connectivity index (χ1v) is 15.1. The number of likely N-dealkylation sites (N-methyl/N-ethyl adjacent to an activating group) is 1. The van der Waals surface area contributed by atoms with Crippen LogP contribution >= 0.6 is 0 Å². The molecule has 4 rings (SSSR count). The number of carbonyl (C=O) groups is 4. The number of nitrogens with one attached hydrogen (secondary N) is 3. The number of amides is 4. The number of hydrogen-bond donors (Lipinski definition) is 3. The summed E-state index contributed by atoms with van der Waals surface area (Å²) >= 11 is 0. The van der Waals surface area contributed by atoms with Crippen molar-refractivity contribution in [3.63, 3.8) is 0 Å². The van der Waals surface area contributed by atoms with Gasteiger partial charge in [-0.05, 0) is 65.0 Å². The SMILES string of the molecule is CC(C(=O)NC(C(=O)N1CCC2NCC(CC(=O)Nc3ccccc3)C21)C1CCCCC1)N(C)C(=O)OC(C)(C)C. The van der Waals surface area contributed by atoms with E-state index in [2.05, 4.69) is 16.0 Å². The molecule has 1 aliphatic carbocycles. The predicted molar refractivity (Wildman–Crippen MR) is 157 cm³/mol. The van der Waals surface area contributed by atoms with Crippen LogP contribution in [0.1, 0.15) is 72.6 Å². The second-order valence-electron chi connectivity index (χ2n) is 12.9. The summed E-state index contributed by atoms with van der Waals surface area (Å²) in [5, 5.41) is 9.55. The molecule has 3 aliphatic rings. The summed E-state index contributed by atoms with van der Waals surface area (Å²) < 4.78 is 5.44. The Morgan fingerprint density at radius 2 is 1.76 bits per heavy atom. The van der Waals surface area contributed by atoms with Crippen LogP contribution in [0.4, 0.5) is 10.5 Å². The van der Waals surface area contributed by atoms with Crippen LogP contribution < -0.4 is 16.0 Å². The minimum atomic E-state index is -0.808. The van der Waals surface area contributed by atoms with Gasteiger partial charge < -0.3 is 25.6 Å². The highest BCUT2D eigenvalue weighted by molar-refractivity contribution is 5.92. The maximum atomic E-state index is 14.2. The summed E-state index contributed by atoms with van der Waals surface area (Å²) in [6, 6.07) is 7.93. The van der Waals surface area contributed by atoms with E-state index in [0.29, 0.717) is 19.5 Å². The zero-order chi connectivity index (χ0) is 29.7. The van der Waals surface area contributed by atoms with Gasteiger partial charge in [0.25, 0.3) is 0 Å². The summed E-state index contributed by atoms with van der Waals surface area (Å²) in [7, 11) is 1.54. The van der Waals surface area contributed by atoms with Crippen LogP contribution in [0.3, 0.4) is 0 Å². The van der Waals surface area contributed by atoms with Crippen molar-refractivity contribution < 1.29 is 23.9 Å². The Bertz CT molecular complexity index is 1080. The number of hydrogen-bond acceptors (Lipinski definition) is 6. The quantitative estimate of drug-likeness (QED) is 0.441. The van der Waals surface area contributed by atoms with Gasteiger partial charge in [0, 0.05) is 44.2 Å². The van der Waals surface area contributed by atoms with Crippen LogP contribution in [-0.4, -0.2) is 83.5 Å². The molecule has 3 fully saturated rings. The molecule has 1 aromatic carbocycles. The summed E-state index contributed by atoms with van der Waals surface area (Å²) in [4.78, 5) is 56.4. The van der Waals surface area contributed by atoms with Crippen LogP contribution in [0, 0.1) is 11.8 Å². The lowest BCUT2D eigenvalue weighted by Crippen LogP contribution is -2.58. The topological polar surface area (TPSA) is 120 Å². The van der Waals surface area contributed by atoms with E-state index in [4.69, 9.17) is 4.74 Å². The number of fused-ring (bicyclic) bond motifs is 1. The highest BCUT2D eigenvalue weighted by Crippen LogP contribution is 2.34. The molecule has 2 heterocycles. The van der Waals surface area contributed by atoms with E-state index >= 15 is 0 Å². The van der Waals surface area contributed by atoms with Crippen LogP contribution in [0.5, 0.6) is 0 Å². The molecular formula is C31H47N5O5. The monoisotopic (exact) mass is 569 g/mol. The van der Waals surface area contributed by atoms with Gasteiger partial charge in [-0.2, -0.15) is 0 Å².